The number of nitrogens with one attached hydrogen (secondary N) is 1. The number of nitrogens with zero attached hydrogens (tertiary/aromatic N) is 3. The van der Waals surface area contributed by atoms with Crippen molar-refractivity contribution in [2.45, 2.75) is 38.1 Å². The van der Waals surface area contributed by atoms with Gasteiger partial charge in [-0.2, -0.15) is 0 Å². The molecule has 0 atom stereocenters. The van der Waals surface area contributed by atoms with Gasteiger partial charge in [-0.05, 0) is 45.7 Å². The molecule has 1 aliphatic carbocycles. The topological polar surface area (TPSA) is 38.8 Å². The maximum atomic E-state index is 11.9. The third-order valence-electron chi connectivity index (χ3n) is 4.72. The molecular weight excluding hydrogens is 252 g/mol. The maximum Gasteiger partial charge on any atom is 0.317 e. The fraction of sp³-hybridized carbons (Fsp3) is 0.933. The van der Waals surface area contributed by atoms with E-state index in [2.05, 4.69) is 22.2 Å². The van der Waals surface area contributed by atoms with Crippen LogP contribution in [0.2, 0.25) is 0 Å². The maximum absolute atomic E-state index is 11.9. The summed E-state index contributed by atoms with van der Waals surface area (Å²) < 4.78 is 0. The Morgan fingerprint density at radius 3 is 2.50 bits per heavy atom. The van der Waals surface area contributed by atoms with Gasteiger partial charge in [0.15, 0.2) is 0 Å². The van der Waals surface area contributed by atoms with Gasteiger partial charge in [0.2, 0.25) is 0 Å². The summed E-state index contributed by atoms with van der Waals surface area (Å²) in [5, 5.41) is 3.04. The molecule has 20 heavy (non-hydrogen) atoms. The Kier molecular flexibility index (Phi) is 6.10. The van der Waals surface area contributed by atoms with Crippen molar-refractivity contribution < 1.29 is 4.79 Å². The first-order valence-electron chi connectivity index (χ1n) is 8.08. The lowest BCUT2D eigenvalue weighted by Gasteiger charge is -2.34. The molecule has 1 saturated carbocycles. The molecule has 2 rings (SSSR count). The predicted octanol–water partition coefficient (Wildman–Crippen LogP) is 1.21. The molecular formula is C15H30N4O. The highest BCUT2D eigenvalue weighted by Crippen LogP contribution is 2.23. The molecule has 5 nitrogen and oxygen atoms in total. The molecule has 1 heterocycles. The summed E-state index contributed by atoms with van der Waals surface area (Å²) in [6.07, 6.45) is 5.88. The fourth-order valence-corrected chi connectivity index (χ4v) is 2.79. The third kappa shape index (κ3) is 4.63. The molecule has 2 fully saturated rings. The van der Waals surface area contributed by atoms with Gasteiger partial charge in [-0.3, -0.25) is 0 Å². The number of carbonyl (C=O) groups excluding carboxylic acids is 1. The molecule has 0 unspecified atom stereocenters. The Balaban J connectivity index is 1.47. The van der Waals surface area contributed by atoms with Crippen molar-refractivity contribution in [2.24, 2.45) is 0 Å². The first-order valence-corrected chi connectivity index (χ1v) is 8.08. The highest BCUT2D eigenvalue weighted by molar-refractivity contribution is 5.74. The van der Waals surface area contributed by atoms with Crippen LogP contribution < -0.4 is 5.32 Å². The number of unbranched alkanes of at least 4 members (excludes halogenated alkanes) is 1. The quantitative estimate of drug-likeness (QED) is 0.744. The number of carbonyl (C=O) groups is 1. The smallest absolute Gasteiger partial charge is 0.317 e. The van der Waals surface area contributed by atoms with Crippen molar-refractivity contribution in [3.8, 4) is 0 Å². The van der Waals surface area contributed by atoms with Crippen LogP contribution in [-0.4, -0.2) is 80.1 Å². The zero-order chi connectivity index (χ0) is 14.4. The minimum absolute atomic E-state index is 0.106. The van der Waals surface area contributed by atoms with Crippen molar-refractivity contribution in [3.63, 3.8) is 0 Å². The molecule has 2 aliphatic rings. The van der Waals surface area contributed by atoms with Crippen LogP contribution in [0.25, 0.3) is 0 Å². The summed E-state index contributed by atoms with van der Waals surface area (Å²) in [6, 6.07) is 0.592. The van der Waals surface area contributed by atoms with Gasteiger partial charge in [0.05, 0.1) is 0 Å². The SMILES string of the molecule is CN1CCN(CCCCNC(=O)N(C)C2CCC2)CC1. The van der Waals surface area contributed by atoms with Gasteiger partial charge in [0.25, 0.3) is 0 Å². The second-order valence-corrected chi connectivity index (χ2v) is 6.28. The van der Waals surface area contributed by atoms with Crippen LogP contribution in [0.15, 0.2) is 0 Å². The lowest BCUT2D eigenvalue weighted by atomic mass is 9.92. The normalized spacial score (nSPS) is 21.5. The molecule has 0 bridgehead atoms. The van der Waals surface area contributed by atoms with Gasteiger partial charge >= 0.3 is 6.03 Å². The Hall–Kier alpha value is -0.810. The lowest BCUT2D eigenvalue weighted by molar-refractivity contribution is 0.150. The van der Waals surface area contributed by atoms with Crippen LogP contribution >= 0.6 is 0 Å². The zero-order valence-corrected chi connectivity index (χ0v) is 13.1. The molecule has 2 amide bonds. The lowest BCUT2D eigenvalue weighted by Crippen LogP contribution is -2.47. The number of hydrogen-bond donors (Lipinski definition) is 1. The van der Waals surface area contributed by atoms with Crippen molar-refractivity contribution >= 4 is 6.03 Å². The van der Waals surface area contributed by atoms with Crippen LogP contribution in [0.4, 0.5) is 4.79 Å². The van der Waals surface area contributed by atoms with Crippen LogP contribution in [0.5, 0.6) is 0 Å². The minimum atomic E-state index is 0.106. The molecule has 1 aliphatic heterocycles. The van der Waals surface area contributed by atoms with Gasteiger partial charge < -0.3 is 20.0 Å². The Bertz CT molecular complexity index is 298. The van der Waals surface area contributed by atoms with Gasteiger partial charge in [-0.1, -0.05) is 0 Å². The van der Waals surface area contributed by atoms with E-state index in [-0.39, 0.29) is 6.03 Å². The summed E-state index contributed by atoms with van der Waals surface area (Å²) in [4.78, 5) is 18.7. The molecule has 116 valence electrons. The van der Waals surface area contributed by atoms with E-state index in [9.17, 15) is 4.79 Å². The molecule has 0 aromatic carbocycles. The fourth-order valence-electron chi connectivity index (χ4n) is 2.79. The summed E-state index contributed by atoms with van der Waals surface area (Å²) in [6.45, 7) is 6.72. The number of urea groups is 1. The largest absolute Gasteiger partial charge is 0.338 e. The molecule has 0 aromatic rings. The molecule has 0 spiro atoms. The van der Waals surface area contributed by atoms with E-state index < -0.39 is 0 Å². The highest BCUT2D eigenvalue weighted by Gasteiger charge is 2.25. The van der Waals surface area contributed by atoms with Crippen molar-refractivity contribution in [3.05, 3.63) is 0 Å². The summed E-state index contributed by atoms with van der Waals surface area (Å²) in [5.41, 5.74) is 0. The van der Waals surface area contributed by atoms with Crippen LogP contribution in [-0.2, 0) is 0 Å². The molecule has 1 N–H and O–H groups in total. The van der Waals surface area contributed by atoms with E-state index in [0.717, 1.165) is 13.0 Å². The van der Waals surface area contributed by atoms with E-state index in [1.165, 1.54) is 58.4 Å². The second kappa shape index (κ2) is 7.84. The Labute approximate surface area is 123 Å². The van der Waals surface area contributed by atoms with Crippen molar-refractivity contribution in [1.82, 2.24) is 20.0 Å². The number of likely N-dealkylation sites (N-methyl/N-ethyl adjacent to an activating group) is 1. The van der Waals surface area contributed by atoms with Crippen molar-refractivity contribution in [2.75, 3.05) is 53.4 Å². The van der Waals surface area contributed by atoms with Gasteiger partial charge in [0, 0.05) is 45.8 Å². The molecule has 5 heteroatoms. The summed E-state index contributed by atoms with van der Waals surface area (Å²) >= 11 is 0. The molecule has 0 radical (unpaired) electrons. The second-order valence-electron chi connectivity index (χ2n) is 6.28. The molecule has 1 saturated heterocycles. The van der Waals surface area contributed by atoms with E-state index in [1.54, 1.807) is 0 Å². The van der Waals surface area contributed by atoms with E-state index in [1.807, 2.05) is 11.9 Å². The summed E-state index contributed by atoms with van der Waals surface area (Å²) in [7, 11) is 4.11. The standard InChI is InChI=1S/C15H30N4O/c1-17-10-12-19(13-11-17)9-4-3-8-16-15(20)18(2)14-6-5-7-14/h14H,3-13H2,1-2H3,(H,16,20). The Morgan fingerprint density at radius 1 is 1.20 bits per heavy atom. The molecule has 0 aromatic heterocycles. The zero-order valence-electron chi connectivity index (χ0n) is 13.1. The number of amides is 2. The average Bonchev–Trinajstić information content (AvgIpc) is 2.38. The van der Waals surface area contributed by atoms with Crippen LogP contribution in [0, 0.1) is 0 Å². The average molecular weight is 282 g/mol. The van der Waals surface area contributed by atoms with E-state index >= 15 is 0 Å². The van der Waals surface area contributed by atoms with Gasteiger partial charge in [0.1, 0.15) is 0 Å². The van der Waals surface area contributed by atoms with E-state index in [4.69, 9.17) is 0 Å². The first-order chi connectivity index (χ1) is 9.66. The number of rotatable bonds is 6. The predicted molar refractivity (Wildman–Crippen MR) is 82.0 cm³/mol. The Morgan fingerprint density at radius 2 is 1.90 bits per heavy atom. The van der Waals surface area contributed by atoms with Crippen molar-refractivity contribution in [1.29, 1.82) is 0 Å². The van der Waals surface area contributed by atoms with Gasteiger partial charge in [-0.25, -0.2) is 4.79 Å². The third-order valence-corrected chi connectivity index (χ3v) is 4.72. The monoisotopic (exact) mass is 282 g/mol. The highest BCUT2D eigenvalue weighted by atomic mass is 16.2. The van der Waals surface area contributed by atoms with Crippen LogP contribution in [0.1, 0.15) is 32.1 Å². The van der Waals surface area contributed by atoms with Gasteiger partial charge in [-0.15, -0.1) is 0 Å². The number of piperazine rings is 1. The summed E-state index contributed by atoms with van der Waals surface area (Å²) in [5.74, 6) is 0. The minimum Gasteiger partial charge on any atom is -0.338 e. The first kappa shape index (κ1) is 15.6. The number of hydrogen-bond acceptors (Lipinski definition) is 3. The van der Waals surface area contributed by atoms with Crippen LogP contribution in [0.3, 0.4) is 0 Å². The van der Waals surface area contributed by atoms with E-state index in [0.29, 0.717) is 6.04 Å².